The Morgan fingerprint density at radius 3 is 1.39 bits per heavy atom. The monoisotopic (exact) mass is 748 g/mol. The van der Waals surface area contributed by atoms with Crippen molar-refractivity contribution >= 4 is 11.9 Å². The second kappa shape index (κ2) is 18.3. The Morgan fingerprint density at radius 2 is 1.02 bits per heavy atom. The van der Waals surface area contributed by atoms with Crippen LogP contribution in [0.4, 0.5) is 0 Å². The first kappa shape index (κ1) is 41.5. The van der Waals surface area contributed by atoms with Crippen LogP contribution in [0, 0.1) is 51.4 Å². The normalized spacial score (nSPS) is 23.8. The molecule has 2 N–H and O–H groups in total. The minimum absolute atomic E-state index is 0.0649. The summed E-state index contributed by atoms with van der Waals surface area (Å²) in [6, 6.07) is 8.69. The molecule has 6 rings (SSSR count). The maximum atomic E-state index is 11.5. The molecule has 4 fully saturated rings. The predicted octanol–water partition coefficient (Wildman–Crippen LogP) is 6.41. The molecule has 10 heteroatoms. The van der Waals surface area contributed by atoms with Gasteiger partial charge >= 0.3 is 11.9 Å². The highest BCUT2D eigenvalue weighted by Crippen LogP contribution is 2.66. The summed E-state index contributed by atoms with van der Waals surface area (Å²) < 4.78 is 33.4. The first-order valence-electron chi connectivity index (χ1n) is 19.4. The quantitative estimate of drug-likeness (QED) is 0.0890. The second-order valence-electron chi connectivity index (χ2n) is 15.8. The Hall–Kier alpha value is -3.70. The van der Waals surface area contributed by atoms with Gasteiger partial charge in [-0.25, -0.2) is 9.59 Å². The smallest absolute Gasteiger partial charge is 0.333 e. The van der Waals surface area contributed by atoms with Crippen molar-refractivity contribution in [2.24, 2.45) is 23.7 Å². The number of rotatable bonds is 20. The van der Waals surface area contributed by atoms with E-state index in [2.05, 4.69) is 65.1 Å². The third-order valence-electron chi connectivity index (χ3n) is 11.9. The minimum Gasteiger partial charge on any atom is -0.491 e. The fraction of sp³-hybridized carbons (Fsp3) is 0.591. The molecule has 0 aromatic heterocycles. The molecule has 54 heavy (non-hydrogen) atoms. The van der Waals surface area contributed by atoms with Crippen molar-refractivity contribution in [1.82, 2.24) is 0 Å². The molecule has 2 atom stereocenters. The van der Waals surface area contributed by atoms with Crippen LogP contribution >= 0.6 is 0 Å². The summed E-state index contributed by atoms with van der Waals surface area (Å²) in [4.78, 5) is 23.1. The van der Waals surface area contributed by atoms with Crippen LogP contribution in [0.25, 0.3) is 0 Å². The Kier molecular flexibility index (Phi) is 14.0. The lowest BCUT2D eigenvalue weighted by Crippen LogP contribution is -2.56. The zero-order valence-corrected chi connectivity index (χ0v) is 33.0. The van der Waals surface area contributed by atoms with Gasteiger partial charge in [0.1, 0.15) is 50.1 Å². The van der Waals surface area contributed by atoms with Crippen molar-refractivity contribution in [2.45, 2.75) is 91.3 Å². The van der Waals surface area contributed by atoms with E-state index in [1.165, 1.54) is 54.4 Å². The van der Waals surface area contributed by atoms with Gasteiger partial charge in [0.05, 0.1) is 26.4 Å². The number of ether oxygens (including phenoxy) is 6. The van der Waals surface area contributed by atoms with E-state index in [9.17, 15) is 19.8 Å². The van der Waals surface area contributed by atoms with Gasteiger partial charge in [0, 0.05) is 16.6 Å². The Labute approximate surface area is 320 Å². The number of aliphatic hydroxyl groups is 2. The third kappa shape index (κ3) is 9.21. The van der Waals surface area contributed by atoms with E-state index in [0.29, 0.717) is 23.0 Å². The lowest BCUT2D eigenvalue weighted by Gasteiger charge is -2.62. The van der Waals surface area contributed by atoms with Crippen LogP contribution in [0.2, 0.25) is 0 Å². The van der Waals surface area contributed by atoms with Gasteiger partial charge in [0.15, 0.2) is 0 Å². The van der Waals surface area contributed by atoms with Crippen LogP contribution in [0.1, 0.15) is 79.3 Å². The summed E-state index contributed by atoms with van der Waals surface area (Å²) in [6.07, 6.45) is 4.62. The Balaban J connectivity index is 1.29. The molecule has 0 spiro atoms. The number of esters is 2. The molecule has 2 unspecified atom stereocenters. The zero-order valence-electron chi connectivity index (χ0n) is 33.0. The number of carbonyl (C=O) groups is 2. The van der Waals surface area contributed by atoms with Gasteiger partial charge in [-0.15, -0.1) is 0 Å². The van der Waals surface area contributed by atoms with E-state index in [1.807, 2.05) is 0 Å². The summed E-state index contributed by atoms with van der Waals surface area (Å²) in [6.45, 7) is 19.8. The van der Waals surface area contributed by atoms with Gasteiger partial charge in [-0.05, 0) is 143 Å². The van der Waals surface area contributed by atoms with Gasteiger partial charge in [-0.2, -0.15) is 0 Å². The molecular weight excluding hydrogens is 688 g/mol. The molecule has 10 nitrogen and oxygen atoms in total. The van der Waals surface area contributed by atoms with E-state index in [-0.39, 0.29) is 58.3 Å². The highest BCUT2D eigenvalue weighted by molar-refractivity contribution is 5.87. The maximum Gasteiger partial charge on any atom is 0.333 e. The van der Waals surface area contributed by atoms with Crippen molar-refractivity contribution < 1.29 is 48.2 Å². The zero-order chi connectivity index (χ0) is 39.2. The molecule has 0 saturated heterocycles. The average Bonchev–Trinajstić information content (AvgIpc) is 3.13. The standard InChI is InChI=1S/C44H60O10/c1-26(2)42(47)51-15-13-49-22-36(45)24-53-40-11-9-38(28(5)30(40)7)44(34-18-32-17-33(20-34)21-35(44)19-32)39-10-12-41(31(8)29(39)6)54-25-37(46)23-50-14-16-52-43(48)27(3)4/h9-12,32-37,45-46H,1,3,13-25H2,2,4-8H3. The maximum absolute atomic E-state index is 11.5. The SMILES string of the molecule is C=C(C)C(=O)OCCOCC(O)COc1ccc(C2(c3ccc(OCC(O)COCCOC(=O)C(=C)C)c(C)c3C)C3CC4CC(C3)CC2C4)c(C)c1C. The van der Waals surface area contributed by atoms with E-state index in [1.54, 1.807) is 13.8 Å². The number of carbonyl (C=O) groups excluding carboxylic acids is 2. The lowest BCUT2D eigenvalue weighted by atomic mass is 9.41. The van der Waals surface area contributed by atoms with Gasteiger partial charge < -0.3 is 38.6 Å². The second-order valence-corrected chi connectivity index (χ2v) is 15.8. The van der Waals surface area contributed by atoms with Crippen LogP contribution in [0.5, 0.6) is 11.5 Å². The molecule has 4 saturated carbocycles. The molecule has 0 radical (unpaired) electrons. The van der Waals surface area contributed by atoms with Crippen molar-refractivity contribution in [2.75, 3.05) is 52.9 Å². The van der Waals surface area contributed by atoms with Gasteiger partial charge in [-0.3, -0.25) is 0 Å². The van der Waals surface area contributed by atoms with Gasteiger partial charge in [0.25, 0.3) is 0 Å². The van der Waals surface area contributed by atoms with Crippen LogP contribution in [-0.4, -0.2) is 87.2 Å². The fourth-order valence-electron chi connectivity index (χ4n) is 9.29. The largest absolute Gasteiger partial charge is 0.491 e. The predicted molar refractivity (Wildman–Crippen MR) is 206 cm³/mol. The summed E-state index contributed by atoms with van der Waals surface area (Å²) in [5, 5.41) is 21.1. The summed E-state index contributed by atoms with van der Waals surface area (Å²) in [5.41, 5.74) is 7.84. The average molecular weight is 749 g/mol. The number of aliphatic hydroxyl groups excluding tert-OH is 2. The van der Waals surface area contributed by atoms with Crippen LogP contribution in [-0.2, 0) is 34.0 Å². The van der Waals surface area contributed by atoms with Crippen molar-refractivity contribution in [1.29, 1.82) is 0 Å². The van der Waals surface area contributed by atoms with Crippen molar-refractivity contribution in [3.63, 3.8) is 0 Å². The highest BCUT2D eigenvalue weighted by Gasteiger charge is 2.59. The summed E-state index contributed by atoms with van der Waals surface area (Å²) in [5.74, 6) is 3.22. The van der Waals surface area contributed by atoms with Crippen molar-refractivity contribution in [3.05, 3.63) is 82.0 Å². The molecule has 4 aliphatic rings. The van der Waals surface area contributed by atoms with E-state index in [4.69, 9.17) is 28.4 Å². The molecule has 0 heterocycles. The molecule has 2 aromatic rings. The summed E-state index contributed by atoms with van der Waals surface area (Å²) >= 11 is 0. The number of hydrogen-bond donors (Lipinski definition) is 2. The van der Waals surface area contributed by atoms with Crippen LogP contribution in [0.3, 0.4) is 0 Å². The fourth-order valence-corrected chi connectivity index (χ4v) is 9.29. The molecule has 4 bridgehead atoms. The molecule has 2 aromatic carbocycles. The van der Waals surface area contributed by atoms with E-state index < -0.39 is 24.1 Å². The van der Waals surface area contributed by atoms with Gasteiger partial charge in [-0.1, -0.05) is 25.3 Å². The highest BCUT2D eigenvalue weighted by atomic mass is 16.6. The lowest BCUT2D eigenvalue weighted by molar-refractivity contribution is -0.141. The Morgan fingerprint density at radius 1 is 0.630 bits per heavy atom. The van der Waals surface area contributed by atoms with Crippen molar-refractivity contribution in [3.8, 4) is 11.5 Å². The first-order valence-corrected chi connectivity index (χ1v) is 19.4. The van der Waals surface area contributed by atoms with E-state index in [0.717, 1.165) is 34.5 Å². The minimum atomic E-state index is -0.838. The van der Waals surface area contributed by atoms with Gasteiger partial charge in [0.2, 0.25) is 0 Å². The number of benzene rings is 2. The topological polar surface area (TPSA) is 130 Å². The Bertz CT molecular complexity index is 1550. The molecular formula is C44H60O10. The number of hydrogen-bond acceptors (Lipinski definition) is 10. The first-order chi connectivity index (χ1) is 25.7. The molecule has 4 aliphatic carbocycles. The summed E-state index contributed by atoms with van der Waals surface area (Å²) in [7, 11) is 0. The third-order valence-corrected chi connectivity index (χ3v) is 11.9. The molecule has 296 valence electrons. The van der Waals surface area contributed by atoms with Crippen LogP contribution in [0.15, 0.2) is 48.6 Å². The molecule has 0 amide bonds. The van der Waals surface area contributed by atoms with Crippen LogP contribution < -0.4 is 9.47 Å². The molecule has 0 aliphatic heterocycles. The van der Waals surface area contributed by atoms with E-state index >= 15 is 0 Å².